The molecule has 0 saturated carbocycles. The molecule has 100 valence electrons. The molecule has 1 heterocycles. The zero-order valence-electron chi connectivity index (χ0n) is 10.8. The minimum absolute atomic E-state index is 0.0837. The summed E-state index contributed by atoms with van der Waals surface area (Å²) < 4.78 is 4.90. The molecule has 0 unspecified atom stereocenters. The van der Waals surface area contributed by atoms with E-state index in [2.05, 4.69) is 15.6 Å². The van der Waals surface area contributed by atoms with E-state index in [0.29, 0.717) is 19.6 Å². The second kappa shape index (κ2) is 9.56. The predicted octanol–water partition coefficient (Wildman–Crippen LogP) is 0.366. The van der Waals surface area contributed by atoms with Gasteiger partial charge in [0.25, 0.3) is 0 Å². The molecule has 0 atom stereocenters. The van der Waals surface area contributed by atoms with E-state index in [9.17, 15) is 4.79 Å². The zero-order valence-corrected chi connectivity index (χ0v) is 10.8. The van der Waals surface area contributed by atoms with Gasteiger partial charge in [-0.05, 0) is 24.1 Å². The molecule has 1 rings (SSSR count). The van der Waals surface area contributed by atoms with Crippen molar-refractivity contribution in [2.45, 2.75) is 12.8 Å². The van der Waals surface area contributed by atoms with E-state index in [1.807, 2.05) is 12.1 Å². The van der Waals surface area contributed by atoms with Gasteiger partial charge < -0.3 is 15.4 Å². The number of aromatic nitrogens is 1. The first-order chi connectivity index (χ1) is 8.83. The van der Waals surface area contributed by atoms with Crippen molar-refractivity contribution in [3.05, 3.63) is 30.1 Å². The molecular formula is C13H21N3O2. The van der Waals surface area contributed by atoms with Gasteiger partial charge in [0, 0.05) is 45.6 Å². The van der Waals surface area contributed by atoms with Gasteiger partial charge in [0.2, 0.25) is 5.91 Å². The lowest BCUT2D eigenvalue weighted by Crippen LogP contribution is -2.33. The number of ether oxygens (including phenoxy) is 1. The average molecular weight is 251 g/mol. The number of hydrogen-bond acceptors (Lipinski definition) is 4. The van der Waals surface area contributed by atoms with Gasteiger partial charge in [-0.15, -0.1) is 0 Å². The number of nitrogens with one attached hydrogen (secondary N) is 2. The predicted molar refractivity (Wildman–Crippen MR) is 70.3 cm³/mol. The molecule has 1 aromatic rings. The summed E-state index contributed by atoms with van der Waals surface area (Å²) in [6, 6.07) is 3.86. The molecule has 0 aromatic carbocycles. The molecule has 1 aromatic heterocycles. The van der Waals surface area contributed by atoms with Crippen molar-refractivity contribution in [2.75, 3.05) is 33.4 Å². The van der Waals surface area contributed by atoms with E-state index < -0.39 is 0 Å². The van der Waals surface area contributed by atoms with Gasteiger partial charge >= 0.3 is 0 Å². The van der Waals surface area contributed by atoms with Crippen LogP contribution in [0.1, 0.15) is 12.0 Å². The number of nitrogens with zero attached hydrogens (tertiary/aromatic N) is 1. The molecule has 0 radical (unpaired) electrons. The first-order valence-corrected chi connectivity index (χ1v) is 6.18. The van der Waals surface area contributed by atoms with Crippen LogP contribution in [-0.4, -0.2) is 44.2 Å². The molecular weight excluding hydrogens is 230 g/mol. The van der Waals surface area contributed by atoms with Gasteiger partial charge in [0.05, 0.1) is 6.61 Å². The lowest BCUT2D eigenvalue weighted by atomic mass is 10.1. The third-order valence-corrected chi connectivity index (χ3v) is 2.50. The molecule has 0 saturated heterocycles. The van der Waals surface area contributed by atoms with Gasteiger partial charge in [0.1, 0.15) is 0 Å². The van der Waals surface area contributed by atoms with Gasteiger partial charge in [-0.3, -0.25) is 9.78 Å². The van der Waals surface area contributed by atoms with Crippen LogP contribution in [0.15, 0.2) is 24.5 Å². The number of carbonyl (C=O) groups excluding carboxylic acids is 1. The van der Waals surface area contributed by atoms with Crippen LogP contribution in [0, 0.1) is 0 Å². The van der Waals surface area contributed by atoms with Crippen LogP contribution >= 0.6 is 0 Å². The minimum Gasteiger partial charge on any atom is -0.383 e. The van der Waals surface area contributed by atoms with Crippen LogP contribution in [0.3, 0.4) is 0 Å². The van der Waals surface area contributed by atoms with Crippen molar-refractivity contribution >= 4 is 5.91 Å². The molecule has 1 amide bonds. The lowest BCUT2D eigenvalue weighted by Gasteiger charge is -2.06. The molecule has 0 spiro atoms. The first kappa shape index (κ1) is 14.6. The first-order valence-electron chi connectivity index (χ1n) is 6.18. The highest BCUT2D eigenvalue weighted by Gasteiger charge is 2.01. The van der Waals surface area contributed by atoms with Gasteiger partial charge in [-0.25, -0.2) is 0 Å². The van der Waals surface area contributed by atoms with Crippen LogP contribution in [0.5, 0.6) is 0 Å². The average Bonchev–Trinajstić information content (AvgIpc) is 2.41. The Balaban J connectivity index is 2.01. The fourth-order valence-electron chi connectivity index (χ4n) is 1.49. The van der Waals surface area contributed by atoms with Crippen molar-refractivity contribution in [3.8, 4) is 0 Å². The Morgan fingerprint density at radius 1 is 1.28 bits per heavy atom. The summed E-state index contributed by atoms with van der Waals surface area (Å²) in [5.74, 6) is 0.0837. The van der Waals surface area contributed by atoms with E-state index in [0.717, 1.165) is 25.1 Å². The number of hydrogen-bond donors (Lipinski definition) is 2. The Hall–Kier alpha value is -1.46. The number of aryl methyl sites for hydroxylation is 1. The molecule has 0 bridgehead atoms. The molecule has 5 nitrogen and oxygen atoms in total. The third kappa shape index (κ3) is 6.98. The highest BCUT2D eigenvalue weighted by Crippen LogP contribution is 2.00. The molecule has 18 heavy (non-hydrogen) atoms. The minimum atomic E-state index is 0.0837. The zero-order chi connectivity index (χ0) is 13.1. The topological polar surface area (TPSA) is 63.2 Å². The second-order valence-corrected chi connectivity index (χ2v) is 3.95. The van der Waals surface area contributed by atoms with Crippen LogP contribution < -0.4 is 10.6 Å². The van der Waals surface area contributed by atoms with Crippen molar-refractivity contribution in [1.29, 1.82) is 0 Å². The number of rotatable bonds is 9. The largest absolute Gasteiger partial charge is 0.383 e. The highest BCUT2D eigenvalue weighted by atomic mass is 16.5. The third-order valence-electron chi connectivity index (χ3n) is 2.50. The summed E-state index contributed by atoms with van der Waals surface area (Å²) in [6.07, 6.45) is 4.76. The lowest BCUT2D eigenvalue weighted by molar-refractivity contribution is -0.121. The van der Waals surface area contributed by atoms with Crippen LogP contribution in [-0.2, 0) is 16.0 Å². The second-order valence-electron chi connectivity index (χ2n) is 3.95. The summed E-state index contributed by atoms with van der Waals surface area (Å²) in [6.45, 7) is 2.92. The molecule has 0 fully saturated rings. The quantitative estimate of drug-likeness (QED) is 0.622. The van der Waals surface area contributed by atoms with Crippen LogP contribution in [0.4, 0.5) is 0 Å². The van der Waals surface area contributed by atoms with E-state index >= 15 is 0 Å². The Labute approximate surface area is 108 Å². The normalized spacial score (nSPS) is 10.3. The fraction of sp³-hybridized carbons (Fsp3) is 0.538. The van der Waals surface area contributed by atoms with Crippen LogP contribution in [0.2, 0.25) is 0 Å². The Kier molecular flexibility index (Phi) is 7.75. The SMILES string of the molecule is COCCNCCNC(=O)CCc1ccncc1. The number of carbonyl (C=O) groups is 1. The molecule has 2 N–H and O–H groups in total. The van der Waals surface area contributed by atoms with Crippen molar-refractivity contribution < 1.29 is 9.53 Å². The van der Waals surface area contributed by atoms with Crippen molar-refractivity contribution in [3.63, 3.8) is 0 Å². The standard InChI is InChI=1S/C13H21N3O2/c1-18-11-10-15-8-9-16-13(17)3-2-12-4-6-14-7-5-12/h4-7,15H,2-3,8-11H2,1H3,(H,16,17). The summed E-state index contributed by atoms with van der Waals surface area (Å²) in [5.41, 5.74) is 1.14. The Morgan fingerprint density at radius 2 is 2.06 bits per heavy atom. The molecule has 0 aliphatic carbocycles. The van der Waals surface area contributed by atoms with Gasteiger partial charge in [0.15, 0.2) is 0 Å². The van der Waals surface area contributed by atoms with Gasteiger partial charge in [-0.1, -0.05) is 0 Å². The molecule has 5 heteroatoms. The van der Waals surface area contributed by atoms with Crippen LogP contribution in [0.25, 0.3) is 0 Å². The van der Waals surface area contributed by atoms with E-state index in [4.69, 9.17) is 4.74 Å². The Bertz CT molecular complexity index is 330. The fourth-order valence-corrected chi connectivity index (χ4v) is 1.49. The maximum Gasteiger partial charge on any atom is 0.220 e. The highest BCUT2D eigenvalue weighted by molar-refractivity contribution is 5.76. The smallest absolute Gasteiger partial charge is 0.220 e. The number of amides is 1. The summed E-state index contributed by atoms with van der Waals surface area (Å²) >= 11 is 0. The Morgan fingerprint density at radius 3 is 2.78 bits per heavy atom. The number of methoxy groups -OCH3 is 1. The van der Waals surface area contributed by atoms with E-state index in [1.165, 1.54) is 0 Å². The summed E-state index contributed by atoms with van der Waals surface area (Å²) in [5, 5.41) is 6.04. The van der Waals surface area contributed by atoms with Crippen molar-refractivity contribution in [1.82, 2.24) is 15.6 Å². The van der Waals surface area contributed by atoms with Crippen molar-refractivity contribution in [2.24, 2.45) is 0 Å². The van der Waals surface area contributed by atoms with Gasteiger partial charge in [-0.2, -0.15) is 0 Å². The number of pyridine rings is 1. The summed E-state index contributed by atoms with van der Waals surface area (Å²) in [7, 11) is 1.67. The maximum absolute atomic E-state index is 11.5. The monoisotopic (exact) mass is 251 g/mol. The maximum atomic E-state index is 11.5. The van der Waals surface area contributed by atoms with E-state index in [1.54, 1.807) is 19.5 Å². The molecule has 0 aliphatic heterocycles. The molecule has 0 aliphatic rings. The van der Waals surface area contributed by atoms with E-state index in [-0.39, 0.29) is 5.91 Å². The summed E-state index contributed by atoms with van der Waals surface area (Å²) in [4.78, 5) is 15.5.